The Kier molecular flexibility index (Phi) is 4.59. The zero-order valence-electron chi connectivity index (χ0n) is 15.4. The van der Waals surface area contributed by atoms with Crippen LogP contribution in [-0.4, -0.2) is 48.2 Å². The van der Waals surface area contributed by atoms with Gasteiger partial charge in [-0.3, -0.25) is 4.98 Å². The lowest BCUT2D eigenvalue weighted by Crippen LogP contribution is -2.52. The molecule has 7 heteroatoms. The fourth-order valence-electron chi connectivity index (χ4n) is 4.05. The van der Waals surface area contributed by atoms with Gasteiger partial charge in [0, 0.05) is 31.7 Å². The minimum Gasteiger partial charge on any atom is -0.497 e. The van der Waals surface area contributed by atoms with Crippen LogP contribution in [0.15, 0.2) is 42.7 Å². The third kappa shape index (κ3) is 3.29. The van der Waals surface area contributed by atoms with Gasteiger partial charge in [-0.1, -0.05) is 19.1 Å². The molecule has 1 saturated heterocycles. The van der Waals surface area contributed by atoms with Gasteiger partial charge in [0.1, 0.15) is 5.75 Å². The minimum absolute atomic E-state index is 0.0768. The molecule has 3 unspecified atom stereocenters. The Bertz CT molecular complexity index is 846. The second-order valence-corrected chi connectivity index (χ2v) is 7.06. The van der Waals surface area contributed by atoms with Crippen LogP contribution in [-0.2, 0) is 6.54 Å². The van der Waals surface area contributed by atoms with Crippen molar-refractivity contribution in [1.29, 1.82) is 0 Å². The van der Waals surface area contributed by atoms with E-state index < -0.39 is 0 Å². The van der Waals surface area contributed by atoms with Crippen molar-refractivity contribution in [1.82, 2.24) is 15.2 Å². The maximum Gasteiger partial charge on any atom is 0.318 e. The minimum atomic E-state index is -0.314. The molecule has 2 aromatic rings. The summed E-state index contributed by atoms with van der Waals surface area (Å²) in [7, 11) is 1.62. The largest absolute Gasteiger partial charge is 0.497 e. The van der Waals surface area contributed by atoms with Crippen LogP contribution in [0.4, 0.5) is 14.9 Å². The number of methoxy groups -OCH3 is 1. The number of pyridine rings is 1. The predicted molar refractivity (Wildman–Crippen MR) is 100 cm³/mol. The van der Waals surface area contributed by atoms with E-state index >= 15 is 0 Å². The van der Waals surface area contributed by atoms with Crippen molar-refractivity contribution in [2.45, 2.75) is 25.6 Å². The molecule has 2 aliphatic rings. The Hall–Kier alpha value is -2.83. The van der Waals surface area contributed by atoms with Gasteiger partial charge in [0.15, 0.2) is 5.82 Å². The molecule has 2 amide bonds. The Balaban J connectivity index is 1.40. The van der Waals surface area contributed by atoms with E-state index in [0.717, 1.165) is 11.3 Å². The molecule has 0 bridgehead atoms. The van der Waals surface area contributed by atoms with Crippen LogP contribution in [0.5, 0.6) is 5.75 Å². The molecule has 2 fully saturated rings. The van der Waals surface area contributed by atoms with E-state index in [2.05, 4.69) is 22.1 Å². The first-order valence-electron chi connectivity index (χ1n) is 9.13. The van der Waals surface area contributed by atoms with Crippen molar-refractivity contribution < 1.29 is 13.9 Å². The number of hydrogen-bond acceptors (Lipinski definition) is 4. The van der Waals surface area contributed by atoms with E-state index in [9.17, 15) is 9.18 Å². The summed E-state index contributed by atoms with van der Waals surface area (Å²) in [5, 5.41) is 2.99. The highest BCUT2D eigenvalue weighted by Crippen LogP contribution is 2.45. The van der Waals surface area contributed by atoms with Crippen molar-refractivity contribution in [2.24, 2.45) is 5.92 Å². The molecular formula is C20H23FN4O2. The third-order valence-corrected chi connectivity index (χ3v) is 5.49. The molecule has 2 heterocycles. The molecule has 1 aliphatic heterocycles. The van der Waals surface area contributed by atoms with Crippen molar-refractivity contribution in [3.8, 4) is 5.75 Å². The number of halogens is 1. The number of ether oxygens (including phenoxy) is 1. The number of carbonyl (C=O) groups is 1. The molecule has 3 atom stereocenters. The number of fused-ring (bicyclic) bond motifs is 1. The van der Waals surface area contributed by atoms with Crippen molar-refractivity contribution >= 4 is 11.7 Å². The summed E-state index contributed by atoms with van der Waals surface area (Å²) in [5.74, 6) is 0.763. The lowest BCUT2D eigenvalue weighted by atomic mass is 10.2. The standard InChI is InChI=1S/C20H23FN4O2/c1-13-18-19(13)25(9-8-24(18)17-6-7-22-12-16(17)21)20(26)23-11-14-4-3-5-15(10-14)27-2/h3-7,10,12-13,18-19H,8-9,11H2,1-2H3,(H,23,26). The molecule has 0 spiro atoms. The first-order valence-corrected chi connectivity index (χ1v) is 9.13. The number of hydrogen-bond donors (Lipinski definition) is 1. The van der Waals surface area contributed by atoms with Crippen LogP contribution < -0.4 is 15.0 Å². The number of benzene rings is 1. The van der Waals surface area contributed by atoms with E-state index in [4.69, 9.17) is 4.74 Å². The molecule has 1 aromatic heterocycles. The number of urea groups is 1. The van der Waals surface area contributed by atoms with E-state index in [1.807, 2.05) is 29.2 Å². The van der Waals surface area contributed by atoms with E-state index in [1.165, 1.54) is 6.20 Å². The average Bonchev–Trinajstić information content (AvgIpc) is 3.37. The van der Waals surface area contributed by atoms with Crippen LogP contribution >= 0.6 is 0 Å². The SMILES string of the molecule is COc1cccc(CNC(=O)N2CCN(c3ccncc3F)C3C(C)C32)c1. The van der Waals surface area contributed by atoms with Gasteiger partial charge in [-0.2, -0.15) is 0 Å². The van der Waals surface area contributed by atoms with Crippen molar-refractivity contribution in [3.05, 3.63) is 54.1 Å². The molecule has 0 radical (unpaired) electrons. The highest BCUT2D eigenvalue weighted by molar-refractivity contribution is 5.76. The topological polar surface area (TPSA) is 57.7 Å². The number of amides is 2. The van der Waals surface area contributed by atoms with Gasteiger partial charge in [-0.25, -0.2) is 9.18 Å². The molecule has 1 aliphatic carbocycles. The molecule has 6 nitrogen and oxygen atoms in total. The summed E-state index contributed by atoms with van der Waals surface area (Å²) in [6, 6.07) is 9.53. The van der Waals surface area contributed by atoms with Gasteiger partial charge >= 0.3 is 6.03 Å². The molecule has 142 valence electrons. The summed E-state index contributed by atoms with van der Waals surface area (Å²) in [6.07, 6.45) is 2.85. The first kappa shape index (κ1) is 17.6. The summed E-state index contributed by atoms with van der Waals surface area (Å²) in [6.45, 7) is 3.73. The molecule has 4 rings (SSSR count). The molecule has 1 N–H and O–H groups in total. The molecular weight excluding hydrogens is 347 g/mol. The number of anilines is 1. The number of nitrogens with one attached hydrogen (secondary N) is 1. The van der Waals surface area contributed by atoms with Crippen molar-refractivity contribution in [3.63, 3.8) is 0 Å². The summed E-state index contributed by atoms with van der Waals surface area (Å²) in [4.78, 5) is 20.5. The summed E-state index contributed by atoms with van der Waals surface area (Å²) in [5.41, 5.74) is 1.56. The second kappa shape index (κ2) is 7.06. The fraction of sp³-hybridized carbons (Fsp3) is 0.400. The van der Waals surface area contributed by atoms with E-state index in [1.54, 1.807) is 19.4 Å². The van der Waals surface area contributed by atoms with Gasteiger partial charge in [-0.05, 0) is 23.8 Å². The van der Waals surface area contributed by atoms with E-state index in [0.29, 0.717) is 31.2 Å². The average molecular weight is 370 g/mol. The van der Waals surface area contributed by atoms with Gasteiger partial charge < -0.3 is 19.9 Å². The highest BCUT2D eigenvalue weighted by Gasteiger charge is 2.58. The number of piperazine rings is 1. The maximum atomic E-state index is 14.1. The van der Waals surface area contributed by atoms with Crippen LogP contribution in [0.25, 0.3) is 0 Å². The van der Waals surface area contributed by atoms with Gasteiger partial charge in [0.2, 0.25) is 0 Å². The zero-order valence-corrected chi connectivity index (χ0v) is 15.4. The van der Waals surface area contributed by atoms with Gasteiger partial charge in [0.25, 0.3) is 0 Å². The lowest BCUT2D eigenvalue weighted by molar-refractivity contribution is 0.187. The zero-order chi connectivity index (χ0) is 19.0. The monoisotopic (exact) mass is 370 g/mol. The van der Waals surface area contributed by atoms with Crippen molar-refractivity contribution in [2.75, 3.05) is 25.1 Å². The molecule has 1 aromatic carbocycles. The van der Waals surface area contributed by atoms with Crippen LogP contribution in [0.2, 0.25) is 0 Å². The molecule has 1 saturated carbocycles. The number of aromatic nitrogens is 1. The Morgan fingerprint density at radius 1 is 1.33 bits per heavy atom. The number of rotatable bonds is 4. The quantitative estimate of drug-likeness (QED) is 0.899. The number of carbonyl (C=O) groups excluding carboxylic acids is 1. The maximum absolute atomic E-state index is 14.1. The van der Waals surface area contributed by atoms with Gasteiger partial charge in [0.05, 0.1) is 31.1 Å². The van der Waals surface area contributed by atoms with Crippen LogP contribution in [0.3, 0.4) is 0 Å². The first-order chi connectivity index (χ1) is 13.1. The lowest BCUT2D eigenvalue weighted by Gasteiger charge is -2.35. The normalized spacial score (nSPS) is 23.6. The van der Waals surface area contributed by atoms with Crippen LogP contribution in [0.1, 0.15) is 12.5 Å². The second-order valence-electron chi connectivity index (χ2n) is 7.06. The number of nitrogens with zero attached hydrogens (tertiary/aromatic N) is 3. The molecule has 27 heavy (non-hydrogen) atoms. The predicted octanol–water partition coefficient (Wildman–Crippen LogP) is 2.65. The third-order valence-electron chi connectivity index (χ3n) is 5.49. The Morgan fingerprint density at radius 3 is 2.96 bits per heavy atom. The summed E-state index contributed by atoms with van der Waals surface area (Å²) < 4.78 is 19.3. The van der Waals surface area contributed by atoms with Gasteiger partial charge in [-0.15, -0.1) is 0 Å². The van der Waals surface area contributed by atoms with Crippen LogP contribution in [0, 0.1) is 11.7 Å². The highest BCUT2D eigenvalue weighted by atomic mass is 19.1. The Morgan fingerprint density at radius 2 is 2.19 bits per heavy atom. The Labute approximate surface area is 157 Å². The van der Waals surface area contributed by atoms with E-state index in [-0.39, 0.29) is 23.9 Å². The smallest absolute Gasteiger partial charge is 0.318 e. The fourth-order valence-corrected chi connectivity index (χ4v) is 4.05. The summed E-state index contributed by atoms with van der Waals surface area (Å²) >= 11 is 0.